The van der Waals surface area contributed by atoms with Crippen LogP contribution in [0, 0.1) is 23.4 Å². The molecule has 0 aliphatic carbocycles. The molecular weight excluding hydrogens is 689 g/mol. The number of rotatable bonds is 17. The summed E-state index contributed by atoms with van der Waals surface area (Å²) in [5.74, 6) is -2.32. The van der Waals surface area contributed by atoms with Crippen LogP contribution in [0.5, 0.6) is 0 Å². The predicted octanol–water partition coefficient (Wildman–Crippen LogP) is 5.48. The minimum Gasteiger partial charge on any atom is -0.637 e. The molecule has 0 saturated heterocycles. The molecule has 283 valence electrons. The van der Waals surface area contributed by atoms with E-state index in [0.29, 0.717) is 6.42 Å². The second-order valence-corrected chi connectivity index (χ2v) is 12.0. The third-order valence-electron chi connectivity index (χ3n) is 5.80. The molecule has 0 aliphatic heterocycles. The molecule has 1 radical (unpaired) electrons. The van der Waals surface area contributed by atoms with E-state index in [9.17, 15) is 34.0 Å². The summed E-state index contributed by atoms with van der Waals surface area (Å²) in [4.78, 5) is 66.1. The summed E-state index contributed by atoms with van der Waals surface area (Å²) in [6.45, 7) is 17.3. The monoisotopic (exact) mass is 743 g/mol. The molecule has 4 unspecified atom stereocenters. The molecule has 0 rings (SSSR count). The quantitative estimate of drug-likeness (QED) is 0.0621. The molecule has 0 aromatic rings. The Balaban J connectivity index is -0.000000559. The van der Waals surface area contributed by atoms with Gasteiger partial charge in [-0.2, -0.15) is 11.9 Å². The molecular formula is C34H54CoNO13-. The minimum atomic E-state index is -0.904. The average molecular weight is 744 g/mol. The number of carbonyl (C=O) groups is 6. The fourth-order valence-corrected chi connectivity index (χ4v) is 4.38. The molecule has 2 N–H and O–H groups in total. The van der Waals surface area contributed by atoms with Crippen molar-refractivity contribution in [2.75, 3.05) is 7.11 Å². The maximum absolute atomic E-state index is 11.8. The summed E-state index contributed by atoms with van der Waals surface area (Å²) in [5.41, 5.74) is -1.49. The van der Waals surface area contributed by atoms with Crippen LogP contribution in [0.25, 0.3) is 0 Å². The number of hydrogen-bond acceptors (Lipinski definition) is 14. The Hall–Kier alpha value is -3.74. The Morgan fingerprint density at radius 1 is 0.714 bits per heavy atom. The topological polar surface area (TPSA) is 213 Å². The molecule has 0 saturated carbocycles. The van der Waals surface area contributed by atoms with E-state index in [-0.39, 0.29) is 65.5 Å². The Labute approximate surface area is 300 Å². The van der Waals surface area contributed by atoms with Gasteiger partial charge in [0.25, 0.3) is 5.97 Å². The first-order valence-electron chi connectivity index (χ1n) is 15.1. The minimum absolute atomic E-state index is 0. The molecule has 49 heavy (non-hydrogen) atoms. The standard InChI is InChI=1S/C24H38NO9.2C5H8O2.Co/c1-16(26)31-10-9-20(32-17(2)27)11-21(33-18(3)28)12-22(34-19(4)29)13-24(7,15-25)14-23(5,6)30-8;2*1-4(6)3-5(2)7;/h10,20-22H,9,11-14H2,1-8H3;2*3,6H,1-2H3;/q-1;;;/b;2*4-3+;. The van der Waals surface area contributed by atoms with Gasteiger partial charge in [-0.25, -0.2) is 0 Å². The van der Waals surface area contributed by atoms with Gasteiger partial charge in [-0.3, -0.25) is 28.8 Å². The van der Waals surface area contributed by atoms with E-state index >= 15 is 0 Å². The second-order valence-electron chi connectivity index (χ2n) is 12.0. The van der Waals surface area contributed by atoms with Crippen molar-refractivity contribution >= 4 is 35.4 Å². The molecule has 0 bridgehead atoms. The molecule has 15 heteroatoms. The van der Waals surface area contributed by atoms with Crippen LogP contribution in [0.4, 0.5) is 0 Å². The number of carbonyl (C=O) groups excluding carboxylic acids is 6. The zero-order valence-corrected chi connectivity index (χ0v) is 31.7. The third-order valence-corrected chi connectivity index (χ3v) is 5.80. The van der Waals surface area contributed by atoms with Crippen LogP contribution in [0.3, 0.4) is 0 Å². The summed E-state index contributed by atoms with van der Waals surface area (Å²) in [7, 11) is 1.56. The number of esters is 4. The normalized spacial score (nSPS) is 14.1. The molecule has 14 nitrogen and oxygen atoms in total. The first kappa shape index (κ1) is 52.1. The van der Waals surface area contributed by atoms with Gasteiger partial charge in [-0.05, 0) is 54.9 Å². The maximum atomic E-state index is 11.8. The van der Waals surface area contributed by atoms with Crippen molar-refractivity contribution in [1.82, 2.24) is 0 Å². The van der Waals surface area contributed by atoms with E-state index in [1.165, 1.54) is 74.1 Å². The van der Waals surface area contributed by atoms with Crippen molar-refractivity contribution in [3.8, 4) is 6.07 Å². The van der Waals surface area contributed by atoms with E-state index in [1.54, 1.807) is 14.0 Å². The molecule has 0 amide bonds. The maximum Gasteiger partial charge on any atom is 0.302 e. The van der Waals surface area contributed by atoms with Crippen molar-refractivity contribution in [2.24, 2.45) is 5.41 Å². The van der Waals surface area contributed by atoms with Crippen LogP contribution in [0.15, 0.2) is 23.7 Å². The van der Waals surface area contributed by atoms with Gasteiger partial charge in [-0.1, -0.05) is 0 Å². The van der Waals surface area contributed by atoms with Crippen molar-refractivity contribution in [1.29, 1.82) is 5.26 Å². The zero-order valence-electron chi connectivity index (χ0n) is 30.7. The van der Waals surface area contributed by atoms with Gasteiger partial charge in [0.2, 0.25) is 0 Å². The number of ketones is 2. The number of ether oxygens (including phenoxy) is 5. The SMILES string of the molecule is CC(=O)/C=C(\C)O.CC(=O)/C=C(\C)O.COC(C)(C)CC(C)(C#N)CC(CC(CC(C[CH-]OC(C)=O)OC(C)=O)OC(C)=O)OC(C)=O.[Co]. The molecule has 0 fully saturated rings. The van der Waals surface area contributed by atoms with Crippen molar-refractivity contribution < 1.29 is 79.4 Å². The van der Waals surface area contributed by atoms with Gasteiger partial charge in [-0.15, -0.1) is 6.42 Å². The van der Waals surface area contributed by atoms with Crippen LogP contribution in [-0.4, -0.2) is 76.7 Å². The van der Waals surface area contributed by atoms with Crippen LogP contribution in [0.2, 0.25) is 0 Å². The number of allylic oxidation sites excluding steroid dienone is 4. The Morgan fingerprint density at radius 3 is 1.41 bits per heavy atom. The van der Waals surface area contributed by atoms with E-state index in [4.69, 9.17) is 33.9 Å². The van der Waals surface area contributed by atoms with Gasteiger partial charge in [0.05, 0.1) is 34.7 Å². The summed E-state index contributed by atoms with van der Waals surface area (Å²) in [5, 5.41) is 26.6. The van der Waals surface area contributed by atoms with Crippen molar-refractivity contribution in [3.05, 3.63) is 30.3 Å². The van der Waals surface area contributed by atoms with Crippen molar-refractivity contribution in [2.45, 2.75) is 132 Å². The van der Waals surface area contributed by atoms with Crippen LogP contribution in [0.1, 0.15) is 108 Å². The molecule has 4 atom stereocenters. The van der Waals surface area contributed by atoms with E-state index < -0.39 is 53.2 Å². The summed E-state index contributed by atoms with van der Waals surface area (Å²) < 4.78 is 26.4. The first-order chi connectivity index (χ1) is 21.9. The summed E-state index contributed by atoms with van der Waals surface area (Å²) in [6, 6.07) is 2.29. The average Bonchev–Trinajstić information content (AvgIpc) is 2.86. The van der Waals surface area contributed by atoms with Gasteiger partial charge >= 0.3 is 17.9 Å². The zero-order chi connectivity index (χ0) is 38.3. The summed E-state index contributed by atoms with van der Waals surface area (Å²) in [6.07, 6.45) is 0.796. The predicted molar refractivity (Wildman–Crippen MR) is 175 cm³/mol. The largest absolute Gasteiger partial charge is 0.637 e. The fraction of sp³-hybridized carbons (Fsp3) is 0.647. The van der Waals surface area contributed by atoms with Crippen LogP contribution in [-0.2, 0) is 69.2 Å². The van der Waals surface area contributed by atoms with Gasteiger partial charge < -0.3 is 33.9 Å². The number of nitrogens with zero attached hydrogens (tertiary/aromatic N) is 1. The number of hydrogen-bond donors (Lipinski definition) is 2. The molecule has 0 aromatic carbocycles. The molecule has 0 aliphatic rings. The van der Waals surface area contributed by atoms with E-state index in [1.807, 2.05) is 13.8 Å². The number of nitriles is 1. The van der Waals surface area contributed by atoms with E-state index in [0.717, 1.165) is 0 Å². The Bertz CT molecular complexity index is 1140. The van der Waals surface area contributed by atoms with E-state index in [2.05, 4.69) is 6.07 Å². The number of aliphatic hydroxyl groups excluding tert-OH is 2. The Kier molecular flexibility index (Phi) is 28.8. The Morgan fingerprint density at radius 2 is 1.10 bits per heavy atom. The smallest absolute Gasteiger partial charge is 0.302 e. The van der Waals surface area contributed by atoms with Crippen molar-refractivity contribution in [3.63, 3.8) is 0 Å². The van der Waals surface area contributed by atoms with Gasteiger partial charge in [0.15, 0.2) is 11.6 Å². The second kappa shape index (κ2) is 27.1. The molecule has 0 spiro atoms. The number of aliphatic hydroxyl groups is 2. The summed E-state index contributed by atoms with van der Waals surface area (Å²) >= 11 is 0. The van der Waals surface area contributed by atoms with Gasteiger partial charge in [0.1, 0.15) is 12.2 Å². The molecule has 0 heterocycles. The van der Waals surface area contributed by atoms with Crippen LogP contribution >= 0.6 is 0 Å². The fourth-order valence-electron chi connectivity index (χ4n) is 4.38. The molecule has 0 aromatic heterocycles. The van der Waals surface area contributed by atoms with Crippen LogP contribution < -0.4 is 0 Å². The number of methoxy groups -OCH3 is 1. The van der Waals surface area contributed by atoms with Gasteiger partial charge in [0, 0.05) is 83.0 Å². The first-order valence-corrected chi connectivity index (χ1v) is 15.1. The third kappa shape index (κ3) is 35.4.